The largest absolute Gasteiger partial charge is 0.497 e. The molecule has 1 saturated carbocycles. The van der Waals surface area contributed by atoms with Crippen molar-refractivity contribution in [2.24, 2.45) is 11.8 Å². The molecule has 5 aliphatic rings. The summed E-state index contributed by atoms with van der Waals surface area (Å²) in [6, 6.07) is 6.94. The Hall–Kier alpha value is -2.91. The number of nitrogens with zero attached hydrogens (tertiary/aromatic N) is 2. The first-order valence-corrected chi connectivity index (χ1v) is 15.1. The van der Waals surface area contributed by atoms with Gasteiger partial charge in [-0.3, -0.25) is 19.3 Å². The fourth-order valence-corrected chi connectivity index (χ4v) is 7.69. The van der Waals surface area contributed by atoms with Crippen LogP contribution in [-0.2, 0) is 19.1 Å². The van der Waals surface area contributed by atoms with Crippen LogP contribution >= 0.6 is 0 Å². The third-order valence-corrected chi connectivity index (χ3v) is 9.78. The van der Waals surface area contributed by atoms with Crippen LogP contribution in [0.3, 0.4) is 0 Å². The maximum atomic E-state index is 14.2. The van der Waals surface area contributed by atoms with Crippen LogP contribution < -0.4 is 15.4 Å². The van der Waals surface area contributed by atoms with Gasteiger partial charge in [0.05, 0.1) is 25.0 Å². The maximum Gasteiger partial charge on any atom is 0.246 e. The number of hydrogen-bond donors (Lipinski definition) is 2. The number of likely N-dealkylation sites (tertiary alicyclic amines) is 2. The Morgan fingerprint density at radius 2 is 1.88 bits per heavy atom. The molecule has 6 atom stereocenters. The lowest BCUT2D eigenvalue weighted by atomic mass is 9.74. The van der Waals surface area contributed by atoms with Gasteiger partial charge in [0.25, 0.3) is 0 Å². The van der Waals surface area contributed by atoms with Crippen LogP contribution in [0.25, 0.3) is 0 Å². The number of benzene rings is 1. The molecule has 6 rings (SSSR count). The van der Waals surface area contributed by atoms with Gasteiger partial charge in [-0.05, 0) is 51.3 Å². The summed E-state index contributed by atoms with van der Waals surface area (Å²) >= 11 is 0. The van der Waals surface area contributed by atoms with Gasteiger partial charge in [-0.2, -0.15) is 0 Å². The zero-order chi connectivity index (χ0) is 27.9. The van der Waals surface area contributed by atoms with Crippen LogP contribution in [0, 0.1) is 11.8 Å². The van der Waals surface area contributed by atoms with Crippen LogP contribution in [-0.4, -0.2) is 84.1 Å². The Morgan fingerprint density at radius 3 is 2.65 bits per heavy atom. The van der Waals surface area contributed by atoms with Crippen LogP contribution in [0.4, 0.5) is 5.69 Å². The molecule has 9 nitrogen and oxygen atoms in total. The number of fused-ring (bicyclic) bond motifs is 1. The first kappa shape index (κ1) is 27.3. The summed E-state index contributed by atoms with van der Waals surface area (Å²) < 4.78 is 11.8. The molecule has 2 bridgehead atoms. The predicted molar refractivity (Wildman–Crippen MR) is 151 cm³/mol. The molecule has 216 valence electrons. The summed E-state index contributed by atoms with van der Waals surface area (Å²) in [5, 5.41) is 6.25. The summed E-state index contributed by atoms with van der Waals surface area (Å²) in [6.45, 7) is 4.38. The normalized spacial score (nSPS) is 33.7. The van der Waals surface area contributed by atoms with Gasteiger partial charge in [-0.25, -0.2) is 0 Å². The smallest absolute Gasteiger partial charge is 0.246 e. The molecule has 9 heteroatoms. The lowest BCUT2D eigenvalue weighted by Gasteiger charge is -2.37. The highest BCUT2D eigenvalue weighted by atomic mass is 16.5. The first-order chi connectivity index (χ1) is 19.4. The fourth-order valence-electron chi connectivity index (χ4n) is 7.69. The number of carbonyl (C=O) groups is 3. The number of carbonyl (C=O) groups excluding carboxylic acids is 3. The molecular weight excluding hydrogens is 508 g/mol. The third-order valence-electron chi connectivity index (χ3n) is 9.78. The number of hydrogen-bond acceptors (Lipinski definition) is 6. The van der Waals surface area contributed by atoms with E-state index in [0.717, 1.165) is 45.1 Å². The van der Waals surface area contributed by atoms with Gasteiger partial charge in [-0.1, -0.05) is 43.9 Å². The zero-order valence-corrected chi connectivity index (χ0v) is 23.6. The van der Waals surface area contributed by atoms with E-state index in [1.54, 1.807) is 24.1 Å². The van der Waals surface area contributed by atoms with Crippen molar-refractivity contribution >= 4 is 23.4 Å². The zero-order valence-electron chi connectivity index (χ0n) is 23.6. The molecule has 1 spiro atoms. The summed E-state index contributed by atoms with van der Waals surface area (Å²) in [7, 11) is 1.58. The Bertz CT molecular complexity index is 1170. The van der Waals surface area contributed by atoms with Crippen LogP contribution in [0.15, 0.2) is 36.4 Å². The van der Waals surface area contributed by atoms with Gasteiger partial charge in [0.15, 0.2) is 0 Å². The van der Waals surface area contributed by atoms with Crippen molar-refractivity contribution in [3.8, 4) is 5.75 Å². The Morgan fingerprint density at radius 1 is 1.07 bits per heavy atom. The molecule has 3 amide bonds. The summed E-state index contributed by atoms with van der Waals surface area (Å²) in [5.74, 6) is -1.42. The second-order valence-corrected chi connectivity index (χ2v) is 12.2. The van der Waals surface area contributed by atoms with Gasteiger partial charge >= 0.3 is 0 Å². The second kappa shape index (κ2) is 11.2. The van der Waals surface area contributed by atoms with E-state index in [1.165, 1.54) is 12.8 Å². The minimum absolute atomic E-state index is 0.116. The van der Waals surface area contributed by atoms with Crippen molar-refractivity contribution in [2.75, 3.05) is 32.1 Å². The molecule has 1 aliphatic carbocycles. The molecular formula is C31H42N4O5. The molecule has 4 heterocycles. The quantitative estimate of drug-likeness (QED) is 0.483. The van der Waals surface area contributed by atoms with Crippen molar-refractivity contribution in [1.29, 1.82) is 0 Å². The van der Waals surface area contributed by atoms with Crippen molar-refractivity contribution in [3.63, 3.8) is 0 Å². The highest BCUT2D eigenvalue weighted by Gasteiger charge is 2.72. The fraction of sp³-hybridized carbons (Fsp3) is 0.645. The van der Waals surface area contributed by atoms with E-state index in [1.807, 2.05) is 24.3 Å². The van der Waals surface area contributed by atoms with E-state index in [4.69, 9.17) is 9.47 Å². The SMILES string of the molecule is COc1cccc(NC(=O)C2C3C=CC4(O3)C2C(=O)N(CCN2CCCCC2C)C4C(=O)NC2CCCCC2)c1. The lowest BCUT2D eigenvalue weighted by Crippen LogP contribution is -2.57. The number of rotatable bonds is 8. The lowest BCUT2D eigenvalue weighted by molar-refractivity contribution is -0.141. The van der Waals surface area contributed by atoms with Gasteiger partial charge in [0, 0.05) is 36.9 Å². The van der Waals surface area contributed by atoms with Gasteiger partial charge < -0.3 is 25.0 Å². The van der Waals surface area contributed by atoms with E-state index < -0.39 is 29.6 Å². The average Bonchev–Trinajstić information content (AvgIpc) is 3.60. The average molecular weight is 551 g/mol. The number of anilines is 1. The molecule has 3 saturated heterocycles. The topological polar surface area (TPSA) is 100 Å². The first-order valence-electron chi connectivity index (χ1n) is 15.1. The molecule has 1 aromatic rings. The van der Waals surface area contributed by atoms with Crippen LogP contribution in [0.1, 0.15) is 58.3 Å². The number of nitrogens with one attached hydrogen (secondary N) is 2. The minimum atomic E-state index is -1.13. The highest BCUT2D eigenvalue weighted by Crippen LogP contribution is 2.55. The standard InChI is InChI=1S/C31H42N4O5/c1-20-9-6-7-16-34(20)17-18-35-27(29(37)32-21-10-4-3-5-11-21)31-15-14-24(40-31)25(26(31)30(35)38)28(36)33-22-12-8-13-23(19-22)39-2/h8,12-15,19-21,24-27H,3-7,9-11,16-18H2,1-2H3,(H,32,37)(H,33,36). The molecule has 0 radical (unpaired) electrons. The number of ether oxygens (including phenoxy) is 2. The molecule has 1 aromatic carbocycles. The van der Waals surface area contributed by atoms with E-state index in [2.05, 4.69) is 22.5 Å². The molecule has 0 aromatic heterocycles. The number of methoxy groups -OCH3 is 1. The third kappa shape index (κ3) is 4.81. The van der Waals surface area contributed by atoms with Crippen LogP contribution in [0.5, 0.6) is 5.75 Å². The van der Waals surface area contributed by atoms with E-state index in [9.17, 15) is 14.4 Å². The van der Waals surface area contributed by atoms with E-state index in [-0.39, 0.29) is 23.8 Å². The predicted octanol–water partition coefficient (Wildman–Crippen LogP) is 3.11. The molecule has 40 heavy (non-hydrogen) atoms. The molecule has 6 unspecified atom stereocenters. The summed E-state index contributed by atoms with van der Waals surface area (Å²) in [4.78, 5) is 46.0. The van der Waals surface area contributed by atoms with Crippen molar-refractivity contribution in [3.05, 3.63) is 36.4 Å². The van der Waals surface area contributed by atoms with Crippen molar-refractivity contribution in [1.82, 2.24) is 15.1 Å². The van der Waals surface area contributed by atoms with Gasteiger partial charge in [-0.15, -0.1) is 0 Å². The highest BCUT2D eigenvalue weighted by molar-refractivity contribution is 6.02. The Kier molecular flexibility index (Phi) is 7.61. The van der Waals surface area contributed by atoms with E-state index >= 15 is 0 Å². The van der Waals surface area contributed by atoms with Gasteiger partial charge in [0.1, 0.15) is 17.4 Å². The monoisotopic (exact) mass is 550 g/mol. The molecule has 2 N–H and O–H groups in total. The number of piperidine rings is 1. The Balaban J connectivity index is 1.27. The second-order valence-electron chi connectivity index (χ2n) is 12.2. The van der Waals surface area contributed by atoms with Crippen LogP contribution in [0.2, 0.25) is 0 Å². The molecule has 4 fully saturated rings. The number of amides is 3. The summed E-state index contributed by atoms with van der Waals surface area (Å²) in [5.41, 5.74) is -0.539. The Labute approximate surface area is 236 Å². The van der Waals surface area contributed by atoms with Crippen molar-refractivity contribution in [2.45, 2.75) is 88.1 Å². The van der Waals surface area contributed by atoms with E-state index in [0.29, 0.717) is 30.6 Å². The summed E-state index contributed by atoms with van der Waals surface area (Å²) in [6.07, 6.45) is 12.0. The maximum absolute atomic E-state index is 14.2. The van der Waals surface area contributed by atoms with Crippen molar-refractivity contribution < 1.29 is 23.9 Å². The minimum Gasteiger partial charge on any atom is -0.497 e. The molecule has 4 aliphatic heterocycles. The van der Waals surface area contributed by atoms with Gasteiger partial charge in [0.2, 0.25) is 17.7 Å².